The maximum Gasteiger partial charge on any atom is 0.266 e. The summed E-state index contributed by atoms with van der Waals surface area (Å²) in [6.45, 7) is 8.32. The molecule has 0 bridgehead atoms. The summed E-state index contributed by atoms with van der Waals surface area (Å²) in [6, 6.07) is 11.4. The number of imide groups is 1. The number of para-hydroxylation sites is 1. The van der Waals surface area contributed by atoms with Crippen LogP contribution in [0.2, 0.25) is 0 Å². The molecule has 1 aliphatic rings. The zero-order valence-electron chi connectivity index (χ0n) is 17.1. The molecule has 2 aromatic carbocycles. The molecule has 0 fully saturated rings. The Morgan fingerprint density at radius 1 is 0.931 bits per heavy atom. The first-order valence-corrected chi connectivity index (χ1v) is 9.88. The molecule has 0 atom stereocenters. The molecule has 0 saturated heterocycles. The SMILES string of the molecule is CC(C)c1cccc(C(C)C)c1N1C(=O)c2cccc(Cc3nc[nH]n3)c2C1=O. The zero-order valence-corrected chi connectivity index (χ0v) is 17.1. The van der Waals surface area contributed by atoms with Crippen LogP contribution in [0.4, 0.5) is 5.69 Å². The lowest BCUT2D eigenvalue weighted by Gasteiger charge is -2.25. The van der Waals surface area contributed by atoms with Gasteiger partial charge in [-0.05, 0) is 34.6 Å². The minimum Gasteiger partial charge on any atom is -0.268 e. The quantitative estimate of drug-likeness (QED) is 0.655. The van der Waals surface area contributed by atoms with Gasteiger partial charge < -0.3 is 0 Å². The van der Waals surface area contributed by atoms with E-state index in [0.717, 1.165) is 22.4 Å². The summed E-state index contributed by atoms with van der Waals surface area (Å²) >= 11 is 0. The minimum absolute atomic E-state index is 0.181. The van der Waals surface area contributed by atoms with E-state index < -0.39 is 0 Å². The standard InChI is InChI=1S/C23H24N4O2/c1-13(2)16-8-6-9-17(14(3)4)21(16)27-22(28)18-10-5-7-15(20(18)23(27)29)11-19-24-12-25-26-19/h5-10,12-14H,11H2,1-4H3,(H,24,25,26). The van der Waals surface area contributed by atoms with Crippen LogP contribution >= 0.6 is 0 Å². The minimum atomic E-state index is -0.272. The summed E-state index contributed by atoms with van der Waals surface area (Å²) in [6.07, 6.45) is 1.90. The molecule has 0 saturated carbocycles. The number of nitrogens with one attached hydrogen (secondary N) is 1. The van der Waals surface area contributed by atoms with Crippen LogP contribution in [0, 0.1) is 0 Å². The van der Waals surface area contributed by atoms with E-state index in [4.69, 9.17) is 0 Å². The van der Waals surface area contributed by atoms with Crippen LogP contribution in [0.15, 0.2) is 42.7 Å². The topological polar surface area (TPSA) is 79.0 Å². The molecule has 4 rings (SSSR count). The van der Waals surface area contributed by atoms with E-state index in [9.17, 15) is 9.59 Å². The Morgan fingerprint density at radius 2 is 1.59 bits per heavy atom. The first-order chi connectivity index (χ1) is 13.9. The predicted molar refractivity (Wildman–Crippen MR) is 111 cm³/mol. The molecule has 29 heavy (non-hydrogen) atoms. The Hall–Kier alpha value is -3.28. The molecular weight excluding hydrogens is 364 g/mol. The van der Waals surface area contributed by atoms with E-state index in [0.29, 0.717) is 23.4 Å². The highest BCUT2D eigenvalue weighted by Gasteiger charge is 2.40. The number of rotatable bonds is 5. The average molecular weight is 388 g/mol. The van der Waals surface area contributed by atoms with Crippen molar-refractivity contribution in [2.75, 3.05) is 4.90 Å². The van der Waals surface area contributed by atoms with Gasteiger partial charge in [0.1, 0.15) is 6.33 Å². The van der Waals surface area contributed by atoms with Gasteiger partial charge in [-0.2, -0.15) is 5.10 Å². The monoisotopic (exact) mass is 388 g/mol. The third-order valence-corrected chi connectivity index (χ3v) is 5.38. The molecule has 2 heterocycles. The molecule has 148 valence electrons. The fourth-order valence-electron chi connectivity index (χ4n) is 3.97. The van der Waals surface area contributed by atoms with Crippen LogP contribution in [0.5, 0.6) is 0 Å². The summed E-state index contributed by atoms with van der Waals surface area (Å²) in [5.74, 6) is 0.409. The van der Waals surface area contributed by atoms with Crippen LogP contribution in [-0.2, 0) is 6.42 Å². The number of H-pyrrole nitrogens is 1. The highest BCUT2D eigenvalue weighted by atomic mass is 16.2. The number of hydrogen-bond acceptors (Lipinski definition) is 4. The normalized spacial score (nSPS) is 13.7. The number of fused-ring (bicyclic) bond motifs is 1. The second-order valence-corrected chi connectivity index (χ2v) is 7.97. The third-order valence-electron chi connectivity index (χ3n) is 5.38. The Balaban J connectivity index is 1.86. The van der Waals surface area contributed by atoms with E-state index in [2.05, 4.69) is 42.9 Å². The molecule has 0 aliphatic carbocycles. The first-order valence-electron chi connectivity index (χ1n) is 9.88. The zero-order chi connectivity index (χ0) is 20.7. The van der Waals surface area contributed by atoms with Crippen molar-refractivity contribution in [1.29, 1.82) is 0 Å². The number of nitrogens with zero attached hydrogens (tertiary/aromatic N) is 3. The maximum absolute atomic E-state index is 13.6. The molecule has 1 N–H and O–H groups in total. The van der Waals surface area contributed by atoms with Gasteiger partial charge in [-0.1, -0.05) is 58.0 Å². The van der Waals surface area contributed by atoms with Gasteiger partial charge in [-0.3, -0.25) is 14.7 Å². The summed E-state index contributed by atoms with van der Waals surface area (Å²) in [7, 11) is 0. The Labute approximate surface area is 170 Å². The molecule has 3 aromatic rings. The molecule has 1 aliphatic heterocycles. The largest absolute Gasteiger partial charge is 0.268 e. The molecule has 0 radical (unpaired) electrons. The lowest BCUT2D eigenvalue weighted by molar-refractivity contribution is 0.0925. The summed E-state index contributed by atoms with van der Waals surface area (Å²) in [4.78, 5) is 32.5. The summed E-state index contributed by atoms with van der Waals surface area (Å²) < 4.78 is 0. The fraction of sp³-hybridized carbons (Fsp3) is 0.304. The van der Waals surface area contributed by atoms with Gasteiger partial charge in [-0.25, -0.2) is 9.88 Å². The number of anilines is 1. The van der Waals surface area contributed by atoms with Gasteiger partial charge in [0.05, 0.1) is 16.8 Å². The Kier molecular flexibility index (Phi) is 4.78. The van der Waals surface area contributed by atoms with E-state index in [1.165, 1.54) is 11.2 Å². The number of aromatic nitrogens is 3. The van der Waals surface area contributed by atoms with Crippen LogP contribution in [0.3, 0.4) is 0 Å². The van der Waals surface area contributed by atoms with Crippen molar-refractivity contribution >= 4 is 17.5 Å². The van der Waals surface area contributed by atoms with Crippen LogP contribution < -0.4 is 4.90 Å². The smallest absolute Gasteiger partial charge is 0.266 e. The van der Waals surface area contributed by atoms with Gasteiger partial charge in [-0.15, -0.1) is 0 Å². The summed E-state index contributed by atoms with van der Waals surface area (Å²) in [5.41, 5.74) is 4.39. The van der Waals surface area contributed by atoms with Crippen molar-refractivity contribution in [2.24, 2.45) is 0 Å². The van der Waals surface area contributed by atoms with Crippen molar-refractivity contribution in [3.63, 3.8) is 0 Å². The molecule has 6 heteroatoms. The second-order valence-electron chi connectivity index (χ2n) is 7.97. The maximum atomic E-state index is 13.6. The molecule has 0 spiro atoms. The van der Waals surface area contributed by atoms with Crippen molar-refractivity contribution in [3.8, 4) is 0 Å². The molecular formula is C23H24N4O2. The first kappa shape index (κ1) is 19.1. The van der Waals surface area contributed by atoms with E-state index in [1.807, 2.05) is 30.3 Å². The van der Waals surface area contributed by atoms with Crippen LogP contribution in [-0.4, -0.2) is 27.0 Å². The number of aromatic amines is 1. The third kappa shape index (κ3) is 3.14. The van der Waals surface area contributed by atoms with Gasteiger partial charge in [0.25, 0.3) is 11.8 Å². The number of amides is 2. The Bertz CT molecular complexity index is 1060. The van der Waals surface area contributed by atoms with E-state index in [1.54, 1.807) is 6.07 Å². The average Bonchev–Trinajstić information content (AvgIpc) is 3.28. The molecule has 1 aromatic heterocycles. The van der Waals surface area contributed by atoms with E-state index >= 15 is 0 Å². The molecule has 0 unspecified atom stereocenters. The van der Waals surface area contributed by atoms with Crippen LogP contribution in [0.1, 0.15) is 82.8 Å². The number of hydrogen-bond donors (Lipinski definition) is 1. The molecule has 2 amide bonds. The number of carbonyl (C=O) groups is 2. The number of benzene rings is 2. The van der Waals surface area contributed by atoms with E-state index in [-0.39, 0.29) is 23.7 Å². The highest BCUT2D eigenvalue weighted by Crippen LogP contribution is 2.40. The van der Waals surface area contributed by atoms with Crippen molar-refractivity contribution < 1.29 is 9.59 Å². The molecule has 6 nitrogen and oxygen atoms in total. The summed E-state index contributed by atoms with van der Waals surface area (Å²) in [5, 5.41) is 6.78. The fourth-order valence-corrected chi connectivity index (χ4v) is 3.97. The van der Waals surface area contributed by atoms with Crippen molar-refractivity contribution in [1.82, 2.24) is 15.2 Å². The highest BCUT2D eigenvalue weighted by molar-refractivity contribution is 6.35. The lowest BCUT2D eigenvalue weighted by Crippen LogP contribution is -2.32. The van der Waals surface area contributed by atoms with Crippen LogP contribution in [0.25, 0.3) is 0 Å². The number of carbonyl (C=O) groups excluding carboxylic acids is 2. The van der Waals surface area contributed by atoms with Crippen molar-refractivity contribution in [2.45, 2.75) is 46.0 Å². The van der Waals surface area contributed by atoms with Crippen molar-refractivity contribution in [3.05, 3.63) is 76.4 Å². The van der Waals surface area contributed by atoms with Gasteiger partial charge in [0.15, 0.2) is 5.82 Å². The van der Waals surface area contributed by atoms with Gasteiger partial charge >= 0.3 is 0 Å². The van der Waals surface area contributed by atoms with Gasteiger partial charge in [0.2, 0.25) is 0 Å². The Morgan fingerprint density at radius 3 is 2.17 bits per heavy atom. The second kappa shape index (κ2) is 7.28. The lowest BCUT2D eigenvalue weighted by atomic mass is 9.92. The van der Waals surface area contributed by atoms with Gasteiger partial charge in [0, 0.05) is 6.42 Å². The predicted octanol–water partition coefficient (Wildman–Crippen LogP) is 4.44.